The van der Waals surface area contributed by atoms with Crippen LogP contribution in [0.25, 0.3) is 0 Å². The molecule has 0 bridgehead atoms. The van der Waals surface area contributed by atoms with Gasteiger partial charge in [-0.05, 0) is 44.7 Å². The van der Waals surface area contributed by atoms with Crippen molar-refractivity contribution in [1.82, 2.24) is 0 Å². The normalized spacial score (nSPS) is 23.0. The van der Waals surface area contributed by atoms with Crippen molar-refractivity contribution in [2.24, 2.45) is 5.41 Å². The third-order valence-electron chi connectivity index (χ3n) is 5.04. The van der Waals surface area contributed by atoms with Gasteiger partial charge in [-0.3, -0.25) is 4.79 Å². The average Bonchev–Trinajstić information content (AvgIpc) is 2.74. The zero-order chi connectivity index (χ0) is 16.4. The Labute approximate surface area is 133 Å². The molecule has 3 heteroatoms. The van der Waals surface area contributed by atoms with Gasteiger partial charge in [-0.1, -0.05) is 38.5 Å². The van der Waals surface area contributed by atoms with Crippen molar-refractivity contribution in [2.45, 2.75) is 58.8 Å². The first-order chi connectivity index (χ1) is 10.4. The van der Waals surface area contributed by atoms with E-state index in [1.807, 2.05) is 49.9 Å². The number of nitrogens with zero attached hydrogens (tertiary/aromatic N) is 2. The zero-order valence-electron chi connectivity index (χ0n) is 14.1. The summed E-state index contributed by atoms with van der Waals surface area (Å²) < 4.78 is 0. The van der Waals surface area contributed by atoms with E-state index in [1.54, 1.807) is 0 Å². The lowest BCUT2D eigenvalue weighted by Crippen LogP contribution is -2.41. The molecular weight excluding hydrogens is 272 g/mol. The summed E-state index contributed by atoms with van der Waals surface area (Å²) in [7, 11) is 0. The number of anilines is 1. The van der Waals surface area contributed by atoms with Gasteiger partial charge in [0.1, 0.15) is 0 Å². The molecule has 1 amide bonds. The van der Waals surface area contributed by atoms with Gasteiger partial charge in [-0.15, -0.1) is 0 Å². The second-order valence-electron chi connectivity index (χ2n) is 6.86. The Balaban J connectivity index is 2.44. The fraction of sp³-hybridized carbons (Fsp3) is 0.579. The summed E-state index contributed by atoms with van der Waals surface area (Å²) >= 11 is 0. The predicted molar refractivity (Wildman–Crippen MR) is 89.7 cm³/mol. The van der Waals surface area contributed by atoms with E-state index in [0.29, 0.717) is 6.42 Å². The Morgan fingerprint density at radius 1 is 1.32 bits per heavy atom. The molecule has 118 valence electrons. The van der Waals surface area contributed by atoms with E-state index in [2.05, 4.69) is 13.0 Å². The fourth-order valence-corrected chi connectivity index (χ4v) is 3.43. The second-order valence-corrected chi connectivity index (χ2v) is 6.86. The van der Waals surface area contributed by atoms with Gasteiger partial charge >= 0.3 is 0 Å². The second kappa shape index (κ2) is 6.12. The lowest BCUT2D eigenvalue weighted by atomic mass is 9.69. The van der Waals surface area contributed by atoms with Crippen molar-refractivity contribution in [1.29, 1.82) is 5.26 Å². The molecule has 0 saturated heterocycles. The quantitative estimate of drug-likeness (QED) is 0.780. The highest BCUT2D eigenvalue weighted by molar-refractivity contribution is 6.07. The molecule has 3 nitrogen and oxygen atoms in total. The monoisotopic (exact) mass is 298 g/mol. The number of hydrogen-bond donors (Lipinski definition) is 0. The van der Waals surface area contributed by atoms with Crippen molar-refractivity contribution in [3.8, 4) is 6.07 Å². The fourth-order valence-electron chi connectivity index (χ4n) is 3.43. The number of amides is 1. The smallest absolute Gasteiger partial charge is 0.237 e. The lowest BCUT2D eigenvalue weighted by molar-refractivity contribution is -0.123. The van der Waals surface area contributed by atoms with Crippen LogP contribution in [0.1, 0.15) is 58.9 Å². The predicted octanol–water partition coefficient (Wildman–Crippen LogP) is 4.42. The number of carbonyl (C=O) groups is 1. The van der Waals surface area contributed by atoms with Crippen LogP contribution in [0.2, 0.25) is 0 Å². The molecule has 2 atom stereocenters. The Hall–Kier alpha value is -1.82. The standard InChI is InChI=1S/C19H26N2O/c1-5-7-12-21-16-11-9-8-10-15(16)19(4,17(21)22)13-18(3,6-2)14-20/h8-11H,5-7,12-13H2,1-4H3. The maximum Gasteiger partial charge on any atom is 0.237 e. The molecular formula is C19H26N2O. The van der Waals surface area contributed by atoms with Crippen LogP contribution in [0, 0.1) is 16.7 Å². The van der Waals surface area contributed by atoms with Crippen LogP contribution >= 0.6 is 0 Å². The molecule has 1 aromatic carbocycles. The molecule has 0 aromatic heterocycles. The Bertz CT molecular complexity index is 604. The third kappa shape index (κ3) is 2.63. The summed E-state index contributed by atoms with van der Waals surface area (Å²) in [5, 5.41) is 9.53. The number of benzene rings is 1. The van der Waals surface area contributed by atoms with Crippen molar-refractivity contribution in [3.63, 3.8) is 0 Å². The van der Waals surface area contributed by atoms with E-state index in [-0.39, 0.29) is 5.91 Å². The van der Waals surface area contributed by atoms with Crippen LogP contribution in [0.15, 0.2) is 24.3 Å². The Morgan fingerprint density at radius 2 is 2.00 bits per heavy atom. The number of rotatable bonds is 6. The highest BCUT2D eigenvalue weighted by Crippen LogP contribution is 2.48. The van der Waals surface area contributed by atoms with Crippen LogP contribution < -0.4 is 4.90 Å². The third-order valence-corrected chi connectivity index (χ3v) is 5.04. The van der Waals surface area contributed by atoms with E-state index in [9.17, 15) is 10.1 Å². The van der Waals surface area contributed by atoms with Gasteiger partial charge in [0.2, 0.25) is 5.91 Å². The van der Waals surface area contributed by atoms with Gasteiger partial charge in [0.05, 0.1) is 16.9 Å². The zero-order valence-corrected chi connectivity index (χ0v) is 14.1. The molecule has 0 fully saturated rings. The molecule has 1 aliphatic rings. The van der Waals surface area contributed by atoms with E-state index in [4.69, 9.17) is 0 Å². The highest BCUT2D eigenvalue weighted by Gasteiger charge is 2.50. The van der Waals surface area contributed by atoms with E-state index >= 15 is 0 Å². The first-order valence-corrected chi connectivity index (χ1v) is 8.24. The van der Waals surface area contributed by atoms with Gasteiger partial charge in [0, 0.05) is 12.2 Å². The molecule has 0 radical (unpaired) electrons. The SMILES string of the molecule is CCCCN1C(=O)C(C)(CC(C)(C#N)CC)c2ccccc21. The average molecular weight is 298 g/mol. The minimum atomic E-state index is -0.592. The molecule has 2 unspecified atom stereocenters. The summed E-state index contributed by atoms with van der Waals surface area (Å²) in [6, 6.07) is 10.5. The summed E-state index contributed by atoms with van der Waals surface area (Å²) in [6.45, 7) is 8.88. The van der Waals surface area contributed by atoms with Crippen LogP contribution in [0.4, 0.5) is 5.69 Å². The van der Waals surface area contributed by atoms with Crippen molar-refractivity contribution < 1.29 is 4.79 Å². The molecule has 1 aromatic rings. The molecule has 0 saturated carbocycles. The van der Waals surface area contributed by atoms with Crippen molar-refractivity contribution >= 4 is 11.6 Å². The summed E-state index contributed by atoms with van der Waals surface area (Å²) in [6.07, 6.45) is 3.39. The minimum Gasteiger partial charge on any atom is -0.311 e. The van der Waals surface area contributed by atoms with Crippen LogP contribution in [0.5, 0.6) is 0 Å². The topological polar surface area (TPSA) is 44.1 Å². The number of nitriles is 1. The number of fused-ring (bicyclic) bond motifs is 1. The molecule has 22 heavy (non-hydrogen) atoms. The van der Waals surface area contributed by atoms with Gasteiger partial charge in [-0.2, -0.15) is 5.26 Å². The molecule has 0 aliphatic carbocycles. The van der Waals surface area contributed by atoms with E-state index in [1.165, 1.54) is 0 Å². The van der Waals surface area contributed by atoms with Crippen LogP contribution in [-0.4, -0.2) is 12.5 Å². The van der Waals surface area contributed by atoms with Gasteiger partial charge in [0.25, 0.3) is 0 Å². The minimum absolute atomic E-state index is 0.150. The maximum atomic E-state index is 13.1. The summed E-state index contributed by atoms with van der Waals surface area (Å²) in [5.41, 5.74) is 1.04. The van der Waals surface area contributed by atoms with Gasteiger partial charge < -0.3 is 4.90 Å². The first-order valence-electron chi connectivity index (χ1n) is 8.24. The van der Waals surface area contributed by atoms with E-state index in [0.717, 1.165) is 37.1 Å². The number of unbranched alkanes of at least 4 members (excludes halogenated alkanes) is 1. The Kier molecular flexibility index (Phi) is 4.60. The van der Waals surface area contributed by atoms with Crippen LogP contribution in [0.3, 0.4) is 0 Å². The molecule has 1 heterocycles. The van der Waals surface area contributed by atoms with E-state index < -0.39 is 10.8 Å². The van der Waals surface area contributed by atoms with Crippen molar-refractivity contribution in [2.75, 3.05) is 11.4 Å². The molecule has 2 rings (SSSR count). The Morgan fingerprint density at radius 3 is 2.59 bits per heavy atom. The van der Waals surface area contributed by atoms with Crippen LogP contribution in [-0.2, 0) is 10.2 Å². The molecule has 1 aliphatic heterocycles. The highest BCUT2D eigenvalue weighted by atomic mass is 16.2. The summed E-state index contributed by atoms with van der Waals surface area (Å²) in [5.74, 6) is 0.150. The molecule has 0 N–H and O–H groups in total. The number of hydrogen-bond acceptors (Lipinski definition) is 2. The molecule has 0 spiro atoms. The largest absolute Gasteiger partial charge is 0.311 e. The van der Waals surface area contributed by atoms with Gasteiger partial charge in [-0.25, -0.2) is 0 Å². The first kappa shape index (κ1) is 16.5. The lowest BCUT2D eigenvalue weighted by Gasteiger charge is -2.31. The maximum absolute atomic E-state index is 13.1. The summed E-state index contributed by atoms with van der Waals surface area (Å²) in [4.78, 5) is 15.0. The number of para-hydroxylation sites is 1. The van der Waals surface area contributed by atoms with Gasteiger partial charge in [0.15, 0.2) is 0 Å². The number of carbonyl (C=O) groups excluding carboxylic acids is 1. The van der Waals surface area contributed by atoms with Crippen molar-refractivity contribution in [3.05, 3.63) is 29.8 Å².